The number of rotatable bonds is 2. The van der Waals surface area contributed by atoms with Crippen LogP contribution in [0.15, 0.2) is 24.3 Å². The minimum Gasteiger partial charge on any atom is -0.361 e. The Bertz CT molecular complexity index is 301. The molecule has 0 aromatic carbocycles. The van der Waals surface area contributed by atoms with Gasteiger partial charge in [-0.25, -0.2) is 0 Å². The Kier molecular flexibility index (Phi) is 2.35. The summed E-state index contributed by atoms with van der Waals surface area (Å²) in [7, 11) is 0. The van der Waals surface area contributed by atoms with E-state index < -0.39 is 11.2 Å². The molecule has 0 saturated heterocycles. The average Bonchev–Trinajstić information content (AvgIpc) is 2.04. The first-order valence-electron chi connectivity index (χ1n) is 3.12. The fourth-order valence-electron chi connectivity index (χ4n) is 0.785. The standard InChI is InChI=1S/C6H5N3O3/c7-8-5-3-1-2-4-6(5)12-9(10)11/h1-4,6H. The zero-order valence-electron chi connectivity index (χ0n) is 5.95. The van der Waals surface area contributed by atoms with E-state index in [4.69, 9.17) is 5.53 Å². The van der Waals surface area contributed by atoms with Crippen LogP contribution in [0.1, 0.15) is 0 Å². The lowest BCUT2D eigenvalue weighted by molar-refractivity contribution is -0.761. The topological polar surface area (TPSA) is 88.8 Å². The highest BCUT2D eigenvalue weighted by Crippen LogP contribution is 2.03. The summed E-state index contributed by atoms with van der Waals surface area (Å²) < 4.78 is 0. The summed E-state index contributed by atoms with van der Waals surface area (Å²) in [5.74, 6) is 0. The second-order valence-corrected chi connectivity index (χ2v) is 2.02. The number of nitrogens with zero attached hydrogens (tertiary/aromatic N) is 3. The van der Waals surface area contributed by atoms with Gasteiger partial charge in [-0.1, -0.05) is 12.2 Å². The van der Waals surface area contributed by atoms with E-state index in [2.05, 4.69) is 9.63 Å². The first-order valence-corrected chi connectivity index (χ1v) is 3.12. The van der Waals surface area contributed by atoms with Gasteiger partial charge in [0.05, 0.1) is 0 Å². The summed E-state index contributed by atoms with van der Waals surface area (Å²) in [5, 5.41) is 8.99. The Morgan fingerprint density at radius 3 is 3.00 bits per heavy atom. The molecule has 1 unspecified atom stereocenters. The smallest absolute Gasteiger partial charge is 0.324 e. The highest BCUT2D eigenvalue weighted by molar-refractivity contribution is 5.96. The third kappa shape index (κ3) is 1.77. The average molecular weight is 167 g/mol. The van der Waals surface area contributed by atoms with Crippen LogP contribution in [0, 0.1) is 10.1 Å². The molecule has 62 valence electrons. The van der Waals surface area contributed by atoms with Crippen molar-refractivity contribution in [1.29, 1.82) is 0 Å². The third-order valence-electron chi connectivity index (χ3n) is 1.27. The molecule has 0 aliphatic heterocycles. The molecular formula is C6H5N3O3. The summed E-state index contributed by atoms with van der Waals surface area (Å²) >= 11 is 0. The van der Waals surface area contributed by atoms with E-state index in [1.165, 1.54) is 12.2 Å². The predicted octanol–water partition coefficient (Wildman–Crippen LogP) is 0.360. The van der Waals surface area contributed by atoms with Gasteiger partial charge in [0.2, 0.25) is 6.10 Å². The van der Waals surface area contributed by atoms with Crippen LogP contribution in [0.3, 0.4) is 0 Å². The summed E-state index contributed by atoms with van der Waals surface area (Å²) in [5.41, 5.74) is 8.48. The molecule has 0 spiro atoms. The molecule has 0 saturated carbocycles. The van der Waals surface area contributed by atoms with Gasteiger partial charge in [-0.3, -0.25) is 4.84 Å². The van der Waals surface area contributed by atoms with E-state index in [0.29, 0.717) is 0 Å². The van der Waals surface area contributed by atoms with Crippen molar-refractivity contribution in [1.82, 2.24) is 0 Å². The maximum atomic E-state index is 9.92. The van der Waals surface area contributed by atoms with Gasteiger partial charge in [-0.15, -0.1) is 10.1 Å². The number of allylic oxidation sites excluding steroid dienone is 2. The van der Waals surface area contributed by atoms with Gasteiger partial charge < -0.3 is 5.53 Å². The van der Waals surface area contributed by atoms with E-state index in [1.54, 1.807) is 12.2 Å². The maximum Gasteiger partial charge on any atom is 0.324 e. The van der Waals surface area contributed by atoms with Gasteiger partial charge >= 0.3 is 5.71 Å². The molecular weight excluding hydrogens is 162 g/mol. The molecule has 0 heterocycles. The second kappa shape index (κ2) is 3.45. The minimum absolute atomic E-state index is 0.106. The first-order chi connectivity index (χ1) is 5.74. The molecule has 0 fully saturated rings. The van der Waals surface area contributed by atoms with E-state index in [9.17, 15) is 10.1 Å². The molecule has 6 heteroatoms. The van der Waals surface area contributed by atoms with Gasteiger partial charge in [-0.05, 0) is 6.08 Å². The minimum atomic E-state index is -0.931. The van der Waals surface area contributed by atoms with Crippen LogP contribution >= 0.6 is 0 Å². The summed E-state index contributed by atoms with van der Waals surface area (Å²) in [6, 6.07) is 0. The van der Waals surface area contributed by atoms with Gasteiger partial charge in [-0.2, -0.15) is 4.79 Å². The lowest BCUT2D eigenvalue weighted by atomic mass is 10.1. The van der Waals surface area contributed by atoms with Gasteiger partial charge in [0.25, 0.3) is 5.09 Å². The van der Waals surface area contributed by atoms with Gasteiger partial charge in [0.1, 0.15) is 0 Å². The Balaban J connectivity index is 2.76. The van der Waals surface area contributed by atoms with Crippen molar-refractivity contribution in [2.75, 3.05) is 0 Å². The lowest BCUT2D eigenvalue weighted by Gasteiger charge is -2.04. The van der Waals surface area contributed by atoms with Crippen LogP contribution in [-0.4, -0.2) is 21.7 Å². The monoisotopic (exact) mass is 167 g/mol. The molecule has 0 amide bonds. The van der Waals surface area contributed by atoms with Crippen LogP contribution < -0.4 is 0 Å². The highest BCUT2D eigenvalue weighted by Gasteiger charge is 2.23. The molecule has 6 nitrogen and oxygen atoms in total. The quantitative estimate of drug-likeness (QED) is 0.257. The van der Waals surface area contributed by atoms with Crippen molar-refractivity contribution < 1.29 is 14.7 Å². The zero-order valence-corrected chi connectivity index (χ0v) is 5.95. The van der Waals surface area contributed by atoms with Crippen molar-refractivity contribution >= 4 is 5.71 Å². The van der Waals surface area contributed by atoms with Crippen molar-refractivity contribution in [2.45, 2.75) is 6.10 Å². The van der Waals surface area contributed by atoms with Crippen LogP contribution in [0.2, 0.25) is 0 Å². The zero-order chi connectivity index (χ0) is 8.97. The second-order valence-electron chi connectivity index (χ2n) is 2.02. The van der Waals surface area contributed by atoms with Crippen LogP contribution in [0.4, 0.5) is 0 Å². The van der Waals surface area contributed by atoms with Crippen molar-refractivity contribution in [3.05, 3.63) is 39.9 Å². The third-order valence-corrected chi connectivity index (χ3v) is 1.27. The van der Waals surface area contributed by atoms with E-state index >= 15 is 0 Å². The fourth-order valence-corrected chi connectivity index (χ4v) is 0.785. The van der Waals surface area contributed by atoms with E-state index in [-0.39, 0.29) is 5.71 Å². The molecule has 1 rings (SSSR count). The first kappa shape index (κ1) is 8.16. The molecule has 1 atom stereocenters. The maximum absolute atomic E-state index is 9.92. The van der Waals surface area contributed by atoms with Crippen molar-refractivity contribution in [3.8, 4) is 0 Å². The lowest BCUT2D eigenvalue weighted by Crippen LogP contribution is -2.25. The molecule has 1 aliphatic carbocycles. The van der Waals surface area contributed by atoms with Gasteiger partial charge in [0.15, 0.2) is 0 Å². The Morgan fingerprint density at radius 1 is 1.67 bits per heavy atom. The number of hydrogen-bond acceptors (Lipinski definition) is 3. The molecule has 0 bridgehead atoms. The summed E-state index contributed by atoms with van der Waals surface area (Å²) in [4.78, 5) is 16.9. The van der Waals surface area contributed by atoms with Crippen molar-refractivity contribution in [3.63, 3.8) is 0 Å². The Labute approximate surface area is 67.5 Å². The Morgan fingerprint density at radius 2 is 2.42 bits per heavy atom. The molecule has 0 aromatic rings. The van der Waals surface area contributed by atoms with Gasteiger partial charge in [0, 0.05) is 6.08 Å². The normalized spacial score (nSPS) is 20.3. The summed E-state index contributed by atoms with van der Waals surface area (Å²) in [6.45, 7) is 0. The molecule has 1 aliphatic rings. The highest BCUT2D eigenvalue weighted by atomic mass is 17.0. The Hall–Kier alpha value is -1.94. The summed E-state index contributed by atoms with van der Waals surface area (Å²) in [6.07, 6.45) is 5.10. The van der Waals surface area contributed by atoms with E-state index in [0.717, 1.165) is 0 Å². The van der Waals surface area contributed by atoms with Crippen LogP contribution in [0.25, 0.3) is 5.53 Å². The predicted molar refractivity (Wildman–Crippen MR) is 38.8 cm³/mol. The van der Waals surface area contributed by atoms with Crippen LogP contribution in [-0.2, 0) is 4.84 Å². The molecule has 0 aromatic heterocycles. The largest absolute Gasteiger partial charge is 0.361 e. The molecule has 0 radical (unpaired) electrons. The van der Waals surface area contributed by atoms with Crippen molar-refractivity contribution in [2.24, 2.45) is 0 Å². The fraction of sp³-hybridized carbons (Fsp3) is 0.167. The van der Waals surface area contributed by atoms with E-state index in [1.807, 2.05) is 0 Å². The number of hydrogen-bond donors (Lipinski definition) is 0. The van der Waals surface area contributed by atoms with Crippen LogP contribution in [0.5, 0.6) is 0 Å². The SMILES string of the molecule is [N-]=[N+]=C1C=CC=CC1O[N+](=O)[O-]. The molecule has 0 N–H and O–H groups in total. The molecule has 12 heavy (non-hydrogen) atoms.